The number of sulfonamides is 1. The zero-order chi connectivity index (χ0) is 21.9. The SMILES string of the molecule is NCCNC(=O)C1N(C(=O)c2cccc([N+](=O)[O-])c2)CCN1S(=O)(=O)c1cccs1. The minimum atomic E-state index is -4.03. The third-order valence-corrected chi connectivity index (χ3v) is 7.66. The normalized spacial score (nSPS) is 17.1. The van der Waals surface area contributed by atoms with Crippen LogP contribution in [0.3, 0.4) is 0 Å². The van der Waals surface area contributed by atoms with E-state index >= 15 is 0 Å². The first-order valence-electron chi connectivity index (χ1n) is 8.86. The maximum Gasteiger partial charge on any atom is 0.270 e. The summed E-state index contributed by atoms with van der Waals surface area (Å²) in [6.07, 6.45) is -1.43. The van der Waals surface area contributed by atoms with Crippen molar-refractivity contribution < 1.29 is 22.9 Å². The van der Waals surface area contributed by atoms with Crippen molar-refractivity contribution in [3.63, 3.8) is 0 Å². The van der Waals surface area contributed by atoms with Gasteiger partial charge in [0.15, 0.2) is 6.17 Å². The van der Waals surface area contributed by atoms with Crippen LogP contribution in [-0.4, -0.2) is 66.7 Å². The largest absolute Gasteiger partial charge is 0.352 e. The van der Waals surface area contributed by atoms with Crippen molar-refractivity contribution in [3.05, 3.63) is 57.5 Å². The molecule has 13 heteroatoms. The van der Waals surface area contributed by atoms with Crippen molar-refractivity contribution in [2.75, 3.05) is 26.2 Å². The van der Waals surface area contributed by atoms with Crippen LogP contribution in [0, 0.1) is 10.1 Å². The van der Waals surface area contributed by atoms with Crippen molar-refractivity contribution in [3.8, 4) is 0 Å². The van der Waals surface area contributed by atoms with Gasteiger partial charge in [0.25, 0.3) is 27.5 Å². The molecular weight excluding hydrogens is 434 g/mol. The van der Waals surface area contributed by atoms with Gasteiger partial charge in [-0.2, -0.15) is 4.31 Å². The van der Waals surface area contributed by atoms with Gasteiger partial charge in [0.2, 0.25) is 0 Å². The van der Waals surface area contributed by atoms with E-state index in [4.69, 9.17) is 5.73 Å². The van der Waals surface area contributed by atoms with Gasteiger partial charge in [-0.15, -0.1) is 11.3 Å². The second kappa shape index (κ2) is 8.87. The molecule has 0 spiro atoms. The van der Waals surface area contributed by atoms with Gasteiger partial charge in [0, 0.05) is 43.9 Å². The van der Waals surface area contributed by atoms with E-state index < -0.39 is 32.9 Å². The number of nitrogens with one attached hydrogen (secondary N) is 1. The van der Waals surface area contributed by atoms with E-state index in [0.29, 0.717) is 0 Å². The number of thiophene rings is 1. The van der Waals surface area contributed by atoms with Crippen molar-refractivity contribution in [2.45, 2.75) is 10.4 Å². The van der Waals surface area contributed by atoms with Crippen LogP contribution in [0.4, 0.5) is 5.69 Å². The van der Waals surface area contributed by atoms with Crippen LogP contribution in [-0.2, 0) is 14.8 Å². The van der Waals surface area contributed by atoms with Gasteiger partial charge < -0.3 is 16.0 Å². The third kappa shape index (κ3) is 4.18. The van der Waals surface area contributed by atoms with Gasteiger partial charge in [-0.25, -0.2) is 8.42 Å². The quantitative estimate of drug-likeness (QED) is 0.448. The lowest BCUT2D eigenvalue weighted by molar-refractivity contribution is -0.384. The first-order valence-corrected chi connectivity index (χ1v) is 11.2. The Labute approximate surface area is 176 Å². The number of carbonyl (C=O) groups excluding carboxylic acids is 2. The van der Waals surface area contributed by atoms with E-state index in [0.717, 1.165) is 26.6 Å². The average Bonchev–Trinajstić information content (AvgIpc) is 3.42. The summed E-state index contributed by atoms with van der Waals surface area (Å²) in [7, 11) is -4.03. The van der Waals surface area contributed by atoms with Crippen molar-refractivity contribution >= 4 is 38.9 Å². The Hall–Kier alpha value is -2.87. The van der Waals surface area contributed by atoms with E-state index in [-0.39, 0.29) is 41.6 Å². The molecule has 11 nitrogen and oxygen atoms in total. The highest BCUT2D eigenvalue weighted by atomic mass is 32.2. The first kappa shape index (κ1) is 21.8. The molecule has 2 aromatic rings. The molecule has 2 amide bonds. The van der Waals surface area contributed by atoms with Gasteiger partial charge in [-0.3, -0.25) is 19.7 Å². The molecule has 0 saturated carbocycles. The van der Waals surface area contributed by atoms with Gasteiger partial charge in [0.05, 0.1) is 4.92 Å². The van der Waals surface area contributed by atoms with Gasteiger partial charge in [-0.1, -0.05) is 12.1 Å². The summed E-state index contributed by atoms with van der Waals surface area (Å²) in [6.45, 7) is 0.0878. The molecule has 1 atom stereocenters. The number of hydrogen-bond donors (Lipinski definition) is 2. The molecule has 30 heavy (non-hydrogen) atoms. The fraction of sp³-hybridized carbons (Fsp3) is 0.294. The van der Waals surface area contributed by atoms with E-state index in [1.165, 1.54) is 24.3 Å². The molecule has 1 saturated heterocycles. The monoisotopic (exact) mass is 453 g/mol. The number of nitro groups is 1. The Morgan fingerprint density at radius 2 is 2.03 bits per heavy atom. The number of carbonyl (C=O) groups is 2. The van der Waals surface area contributed by atoms with Crippen LogP contribution < -0.4 is 11.1 Å². The number of hydrogen-bond acceptors (Lipinski definition) is 8. The summed E-state index contributed by atoms with van der Waals surface area (Å²) in [5.41, 5.74) is 5.11. The predicted octanol–water partition coefficient (Wildman–Crippen LogP) is 0.204. The number of nitrogens with zero attached hydrogens (tertiary/aromatic N) is 3. The van der Waals surface area contributed by atoms with Gasteiger partial charge >= 0.3 is 0 Å². The molecule has 0 aliphatic carbocycles. The lowest BCUT2D eigenvalue weighted by atomic mass is 10.1. The van der Waals surface area contributed by atoms with E-state index in [9.17, 15) is 28.1 Å². The molecule has 3 N–H and O–H groups in total. The fourth-order valence-electron chi connectivity index (χ4n) is 3.07. The van der Waals surface area contributed by atoms with Crippen molar-refractivity contribution in [1.29, 1.82) is 0 Å². The zero-order valence-corrected chi connectivity index (χ0v) is 17.3. The molecule has 1 aliphatic heterocycles. The second-order valence-corrected chi connectivity index (χ2v) is 9.37. The summed E-state index contributed by atoms with van der Waals surface area (Å²) < 4.78 is 27.1. The lowest BCUT2D eigenvalue weighted by Crippen LogP contribution is -2.54. The number of nitro benzene ring substituents is 1. The molecule has 3 rings (SSSR count). The van der Waals surface area contributed by atoms with Gasteiger partial charge in [-0.05, 0) is 17.5 Å². The number of rotatable bonds is 7. The predicted molar refractivity (Wildman–Crippen MR) is 108 cm³/mol. The molecule has 1 unspecified atom stereocenters. The molecular formula is C17H19N5O6S2. The number of benzene rings is 1. The van der Waals surface area contributed by atoms with Crippen molar-refractivity contribution in [2.24, 2.45) is 5.73 Å². The molecule has 0 bridgehead atoms. The summed E-state index contributed by atoms with van der Waals surface area (Å²) in [4.78, 5) is 37.3. The molecule has 160 valence electrons. The lowest BCUT2D eigenvalue weighted by Gasteiger charge is -2.28. The number of amides is 2. The minimum absolute atomic E-state index is 0.0174. The first-order chi connectivity index (χ1) is 14.3. The van der Waals surface area contributed by atoms with Gasteiger partial charge in [0.1, 0.15) is 4.21 Å². The van der Waals surface area contributed by atoms with Crippen LogP contribution in [0.15, 0.2) is 46.0 Å². The maximum atomic E-state index is 13.0. The minimum Gasteiger partial charge on any atom is -0.352 e. The second-order valence-electron chi connectivity index (χ2n) is 6.31. The standard InChI is InChI=1S/C17H19N5O6S2/c18-6-7-19-15(23)16-20(17(24)12-3-1-4-13(11-12)22(25)26)8-9-21(16)30(27,28)14-5-2-10-29-14/h1-5,10-11,16H,6-9,18H2,(H,19,23). The molecule has 1 aromatic heterocycles. The van der Waals surface area contributed by atoms with E-state index in [1.807, 2.05) is 0 Å². The highest BCUT2D eigenvalue weighted by Crippen LogP contribution is 2.28. The van der Waals surface area contributed by atoms with Crippen LogP contribution in [0.2, 0.25) is 0 Å². The van der Waals surface area contributed by atoms with Crippen LogP contribution >= 0.6 is 11.3 Å². The molecule has 2 heterocycles. The Balaban J connectivity index is 1.97. The van der Waals surface area contributed by atoms with E-state index in [2.05, 4.69) is 5.32 Å². The smallest absolute Gasteiger partial charge is 0.270 e. The molecule has 1 fully saturated rings. The summed E-state index contributed by atoms with van der Waals surface area (Å²) >= 11 is 1.000. The Morgan fingerprint density at radius 1 is 1.27 bits per heavy atom. The highest BCUT2D eigenvalue weighted by Gasteiger charge is 2.46. The van der Waals surface area contributed by atoms with Crippen molar-refractivity contribution in [1.82, 2.24) is 14.5 Å². The highest BCUT2D eigenvalue weighted by molar-refractivity contribution is 7.91. The molecule has 1 aromatic carbocycles. The summed E-state index contributed by atoms with van der Waals surface area (Å²) in [5, 5.41) is 15.1. The topological polar surface area (TPSA) is 156 Å². The Morgan fingerprint density at radius 3 is 2.67 bits per heavy atom. The fourth-order valence-corrected chi connectivity index (χ4v) is 5.74. The average molecular weight is 454 g/mol. The molecule has 0 radical (unpaired) electrons. The van der Waals surface area contributed by atoms with Crippen LogP contribution in [0.5, 0.6) is 0 Å². The number of nitrogens with two attached hydrogens (primary N) is 1. The van der Waals surface area contributed by atoms with E-state index in [1.54, 1.807) is 11.4 Å². The molecule has 1 aliphatic rings. The maximum absolute atomic E-state index is 13.0. The van der Waals surface area contributed by atoms with Crippen LogP contribution in [0.25, 0.3) is 0 Å². The third-order valence-electron chi connectivity index (χ3n) is 4.43. The number of non-ortho nitro benzene ring substituents is 1. The summed E-state index contributed by atoms with van der Waals surface area (Å²) in [5.74, 6) is -1.38. The zero-order valence-electron chi connectivity index (χ0n) is 15.6. The summed E-state index contributed by atoms with van der Waals surface area (Å²) in [6, 6.07) is 8.04. The Kier molecular flexibility index (Phi) is 6.45. The van der Waals surface area contributed by atoms with Crippen LogP contribution in [0.1, 0.15) is 10.4 Å². The Bertz CT molecular complexity index is 1060.